The molecule has 4 heteroatoms. The van der Waals surface area contributed by atoms with Gasteiger partial charge in [0.2, 0.25) is 0 Å². The van der Waals surface area contributed by atoms with E-state index in [0.29, 0.717) is 17.7 Å². The lowest BCUT2D eigenvalue weighted by Gasteiger charge is -2.29. The summed E-state index contributed by atoms with van der Waals surface area (Å²) >= 11 is 1.66. The molecule has 1 aromatic heterocycles. The molecule has 1 aliphatic rings. The summed E-state index contributed by atoms with van der Waals surface area (Å²) in [5.74, 6) is 0.230. The zero-order valence-electron chi connectivity index (χ0n) is 9.89. The van der Waals surface area contributed by atoms with Crippen LogP contribution in [0.3, 0.4) is 0 Å². The number of aliphatic hydroxyl groups is 1. The van der Waals surface area contributed by atoms with E-state index in [1.165, 1.54) is 17.0 Å². The Morgan fingerprint density at radius 1 is 1.33 bits per heavy atom. The highest BCUT2D eigenvalue weighted by molar-refractivity contribution is 7.12. The van der Waals surface area contributed by atoms with Crippen LogP contribution in [0.25, 0.3) is 0 Å². The van der Waals surface area contributed by atoms with Crippen molar-refractivity contribution in [1.29, 1.82) is 0 Å². The van der Waals surface area contributed by atoms with Gasteiger partial charge < -0.3 is 9.84 Å². The Morgan fingerprint density at radius 2 is 2.17 bits per heavy atom. The Morgan fingerprint density at radius 3 is 2.89 bits per heavy atom. The molecule has 2 atom stereocenters. The predicted octanol–water partition coefficient (Wildman–Crippen LogP) is 3.75. The number of rotatable bonds is 1. The molecular formula is C14H13FO2S. The van der Waals surface area contributed by atoms with Gasteiger partial charge in [0.05, 0.1) is 6.10 Å². The molecule has 0 amide bonds. The molecule has 2 aromatic rings. The first kappa shape index (κ1) is 11.7. The minimum absolute atomic E-state index is 0.142. The topological polar surface area (TPSA) is 29.5 Å². The van der Waals surface area contributed by atoms with E-state index in [-0.39, 0.29) is 11.9 Å². The number of benzene rings is 1. The smallest absolute Gasteiger partial charge is 0.136 e. The summed E-state index contributed by atoms with van der Waals surface area (Å²) in [6.07, 6.45) is -0.343. The summed E-state index contributed by atoms with van der Waals surface area (Å²) in [7, 11) is 0. The Kier molecular flexibility index (Phi) is 2.84. The van der Waals surface area contributed by atoms with Crippen molar-refractivity contribution in [2.24, 2.45) is 0 Å². The molecule has 0 spiro atoms. The van der Waals surface area contributed by atoms with Gasteiger partial charge in [0, 0.05) is 21.7 Å². The SMILES string of the molecule is Cc1ccc(C2C[C@H](O)c3cc(F)ccc3O2)s1. The standard InChI is InChI=1S/C14H13FO2S/c1-8-2-5-14(18-8)13-7-11(16)10-6-9(15)3-4-12(10)17-13/h2-6,11,13,16H,7H2,1H3/t11-,13?/m0/s1. The predicted molar refractivity (Wildman–Crippen MR) is 68.4 cm³/mol. The number of hydrogen-bond donors (Lipinski definition) is 1. The van der Waals surface area contributed by atoms with E-state index < -0.39 is 6.10 Å². The highest BCUT2D eigenvalue weighted by Gasteiger charge is 2.29. The first-order chi connectivity index (χ1) is 8.63. The molecule has 2 heterocycles. The van der Waals surface area contributed by atoms with Gasteiger partial charge in [0.15, 0.2) is 0 Å². The maximum Gasteiger partial charge on any atom is 0.136 e. The van der Waals surface area contributed by atoms with Crippen LogP contribution in [0.4, 0.5) is 4.39 Å². The van der Waals surface area contributed by atoms with Gasteiger partial charge in [-0.25, -0.2) is 4.39 Å². The molecule has 1 aliphatic heterocycles. The van der Waals surface area contributed by atoms with Crippen molar-refractivity contribution in [2.75, 3.05) is 0 Å². The summed E-state index contributed by atoms with van der Waals surface area (Å²) in [6.45, 7) is 2.04. The maximum atomic E-state index is 13.1. The number of ether oxygens (including phenoxy) is 1. The normalized spacial score (nSPS) is 22.4. The zero-order valence-corrected chi connectivity index (χ0v) is 10.7. The minimum Gasteiger partial charge on any atom is -0.484 e. The molecule has 0 fully saturated rings. The van der Waals surface area contributed by atoms with E-state index in [4.69, 9.17) is 4.74 Å². The second-order valence-corrected chi connectivity index (χ2v) is 5.81. The first-order valence-corrected chi connectivity index (χ1v) is 6.65. The van der Waals surface area contributed by atoms with Crippen LogP contribution in [-0.4, -0.2) is 5.11 Å². The third-order valence-corrected chi connectivity index (χ3v) is 4.21. The quantitative estimate of drug-likeness (QED) is 0.850. The number of halogens is 1. The minimum atomic E-state index is -0.670. The molecular weight excluding hydrogens is 251 g/mol. The van der Waals surface area contributed by atoms with Gasteiger partial charge in [0.25, 0.3) is 0 Å². The molecule has 2 nitrogen and oxygen atoms in total. The summed E-state index contributed by atoms with van der Waals surface area (Å²) < 4.78 is 19.0. The van der Waals surface area contributed by atoms with Crippen molar-refractivity contribution < 1.29 is 14.2 Å². The zero-order chi connectivity index (χ0) is 12.7. The Bertz CT molecular complexity index is 579. The molecule has 1 N–H and O–H groups in total. The molecule has 1 unspecified atom stereocenters. The van der Waals surface area contributed by atoms with Crippen LogP contribution >= 0.6 is 11.3 Å². The third kappa shape index (κ3) is 2.02. The van der Waals surface area contributed by atoms with E-state index in [0.717, 1.165) is 4.88 Å². The molecule has 3 rings (SSSR count). The van der Waals surface area contributed by atoms with E-state index >= 15 is 0 Å². The maximum absolute atomic E-state index is 13.1. The lowest BCUT2D eigenvalue weighted by Crippen LogP contribution is -2.18. The van der Waals surface area contributed by atoms with Crippen LogP contribution < -0.4 is 4.74 Å². The molecule has 1 aromatic carbocycles. The molecule has 18 heavy (non-hydrogen) atoms. The van der Waals surface area contributed by atoms with Gasteiger partial charge in [-0.3, -0.25) is 0 Å². The van der Waals surface area contributed by atoms with Crippen molar-refractivity contribution >= 4 is 11.3 Å². The molecule has 0 aliphatic carbocycles. The second kappa shape index (κ2) is 4.37. The Hall–Kier alpha value is -1.39. The van der Waals surface area contributed by atoms with Gasteiger partial charge >= 0.3 is 0 Å². The first-order valence-electron chi connectivity index (χ1n) is 5.84. The Labute approximate surface area is 109 Å². The van der Waals surface area contributed by atoms with Gasteiger partial charge in [-0.15, -0.1) is 11.3 Å². The van der Waals surface area contributed by atoms with Crippen molar-refractivity contribution in [2.45, 2.75) is 25.6 Å². The lowest BCUT2D eigenvalue weighted by atomic mass is 9.98. The fraction of sp³-hybridized carbons (Fsp3) is 0.286. The average molecular weight is 264 g/mol. The van der Waals surface area contributed by atoms with Crippen LogP contribution in [0.15, 0.2) is 30.3 Å². The third-order valence-electron chi connectivity index (χ3n) is 3.12. The lowest BCUT2D eigenvalue weighted by molar-refractivity contribution is 0.0670. The van der Waals surface area contributed by atoms with Crippen molar-refractivity contribution in [3.8, 4) is 5.75 Å². The number of aliphatic hydroxyl groups excluding tert-OH is 1. The van der Waals surface area contributed by atoms with Crippen molar-refractivity contribution in [3.63, 3.8) is 0 Å². The van der Waals surface area contributed by atoms with Crippen LogP contribution in [0.1, 0.15) is 33.9 Å². The van der Waals surface area contributed by atoms with Crippen LogP contribution in [0.5, 0.6) is 5.75 Å². The van der Waals surface area contributed by atoms with Gasteiger partial charge in [-0.2, -0.15) is 0 Å². The fourth-order valence-electron chi connectivity index (χ4n) is 2.22. The van der Waals surface area contributed by atoms with Crippen LogP contribution in [0, 0.1) is 12.7 Å². The largest absolute Gasteiger partial charge is 0.484 e. The number of aryl methyl sites for hydroxylation is 1. The number of fused-ring (bicyclic) bond motifs is 1. The molecule has 0 saturated carbocycles. The van der Waals surface area contributed by atoms with Crippen molar-refractivity contribution in [1.82, 2.24) is 0 Å². The number of hydrogen-bond acceptors (Lipinski definition) is 3. The molecule has 0 radical (unpaired) electrons. The van der Waals surface area contributed by atoms with Crippen LogP contribution in [-0.2, 0) is 0 Å². The summed E-state index contributed by atoms with van der Waals surface area (Å²) in [5.41, 5.74) is 0.541. The molecule has 0 bridgehead atoms. The number of thiophene rings is 1. The van der Waals surface area contributed by atoms with E-state index in [9.17, 15) is 9.50 Å². The van der Waals surface area contributed by atoms with Crippen LogP contribution in [0.2, 0.25) is 0 Å². The summed E-state index contributed by atoms with van der Waals surface area (Å²) in [6, 6.07) is 8.34. The summed E-state index contributed by atoms with van der Waals surface area (Å²) in [5, 5.41) is 10.1. The second-order valence-electron chi connectivity index (χ2n) is 4.49. The van der Waals surface area contributed by atoms with E-state index in [1.54, 1.807) is 17.4 Å². The van der Waals surface area contributed by atoms with Gasteiger partial charge in [-0.05, 0) is 37.3 Å². The monoisotopic (exact) mass is 264 g/mol. The van der Waals surface area contributed by atoms with Gasteiger partial charge in [0.1, 0.15) is 17.7 Å². The van der Waals surface area contributed by atoms with Crippen molar-refractivity contribution in [3.05, 3.63) is 51.5 Å². The molecule has 0 saturated heterocycles. The highest BCUT2D eigenvalue weighted by atomic mass is 32.1. The molecule has 94 valence electrons. The Balaban J connectivity index is 1.94. The van der Waals surface area contributed by atoms with Gasteiger partial charge in [-0.1, -0.05) is 0 Å². The van der Waals surface area contributed by atoms with E-state index in [1.807, 2.05) is 19.1 Å². The average Bonchev–Trinajstić information content (AvgIpc) is 2.77. The van der Waals surface area contributed by atoms with E-state index in [2.05, 4.69) is 0 Å². The highest BCUT2D eigenvalue weighted by Crippen LogP contribution is 2.42. The summed E-state index contributed by atoms with van der Waals surface area (Å²) in [4.78, 5) is 2.31. The fourth-order valence-corrected chi connectivity index (χ4v) is 3.14.